The van der Waals surface area contributed by atoms with Gasteiger partial charge >= 0.3 is 0 Å². The van der Waals surface area contributed by atoms with E-state index in [9.17, 15) is 4.79 Å². The minimum atomic E-state index is -0.209. The number of rotatable bonds is 2. The van der Waals surface area contributed by atoms with Gasteiger partial charge in [0.2, 0.25) is 0 Å². The van der Waals surface area contributed by atoms with Crippen LogP contribution in [0.15, 0.2) is 27.5 Å². The lowest BCUT2D eigenvalue weighted by Crippen LogP contribution is -2.14. The quantitative estimate of drug-likeness (QED) is 0.847. The molecule has 2 rings (SSSR count). The van der Waals surface area contributed by atoms with Crippen molar-refractivity contribution in [1.29, 1.82) is 0 Å². The third-order valence-corrected chi connectivity index (χ3v) is 4.13. The van der Waals surface area contributed by atoms with Crippen LogP contribution >= 0.6 is 39.1 Å². The average Bonchev–Trinajstić information content (AvgIpc) is 2.35. The van der Waals surface area contributed by atoms with Gasteiger partial charge in [-0.1, -0.05) is 37.0 Å². The van der Waals surface area contributed by atoms with Crippen molar-refractivity contribution in [3.8, 4) is 11.4 Å². The van der Waals surface area contributed by atoms with Gasteiger partial charge in [0.05, 0.1) is 15.7 Å². The fraction of sp³-hybridized carbons (Fsp3) is 0.231. The Bertz CT molecular complexity index is 683. The molecule has 0 aliphatic heterocycles. The molecule has 0 radical (unpaired) electrons. The second-order valence-electron chi connectivity index (χ2n) is 4.40. The molecule has 0 spiro atoms. The minimum Gasteiger partial charge on any atom is -0.306 e. The summed E-state index contributed by atoms with van der Waals surface area (Å²) in [6.45, 7) is 3.95. The Morgan fingerprint density at radius 2 is 1.95 bits per heavy atom. The van der Waals surface area contributed by atoms with E-state index in [0.717, 1.165) is 5.56 Å². The molecule has 1 aromatic heterocycles. The highest BCUT2D eigenvalue weighted by Crippen LogP contribution is 2.28. The predicted octanol–water partition coefficient (Wildman–Crippen LogP) is 4.63. The summed E-state index contributed by atoms with van der Waals surface area (Å²) in [5, 5.41) is 0.893. The second kappa shape index (κ2) is 5.65. The molecule has 0 atom stereocenters. The van der Waals surface area contributed by atoms with E-state index in [4.69, 9.17) is 23.2 Å². The molecule has 0 aliphatic carbocycles. The number of H-pyrrole nitrogens is 1. The highest BCUT2D eigenvalue weighted by atomic mass is 79.9. The summed E-state index contributed by atoms with van der Waals surface area (Å²) in [4.78, 5) is 19.1. The second-order valence-corrected chi connectivity index (χ2v) is 6.00. The van der Waals surface area contributed by atoms with Gasteiger partial charge in [-0.25, -0.2) is 4.98 Å². The van der Waals surface area contributed by atoms with Crippen molar-refractivity contribution in [2.45, 2.75) is 19.8 Å². The first-order chi connectivity index (χ1) is 8.90. The Hall–Kier alpha value is -0.840. The van der Waals surface area contributed by atoms with Crippen LogP contribution < -0.4 is 5.56 Å². The largest absolute Gasteiger partial charge is 0.306 e. The van der Waals surface area contributed by atoms with Crippen LogP contribution in [0.25, 0.3) is 11.4 Å². The van der Waals surface area contributed by atoms with Crippen molar-refractivity contribution in [1.82, 2.24) is 9.97 Å². The molecular weight excluding hydrogens is 351 g/mol. The topological polar surface area (TPSA) is 45.8 Å². The van der Waals surface area contributed by atoms with E-state index in [-0.39, 0.29) is 11.5 Å². The van der Waals surface area contributed by atoms with Gasteiger partial charge < -0.3 is 4.98 Å². The highest BCUT2D eigenvalue weighted by Gasteiger charge is 2.13. The fourth-order valence-electron chi connectivity index (χ4n) is 1.64. The van der Waals surface area contributed by atoms with Gasteiger partial charge in [-0.2, -0.15) is 0 Å². The maximum atomic E-state index is 11.9. The first-order valence-electron chi connectivity index (χ1n) is 5.65. The first kappa shape index (κ1) is 14.6. The number of halogens is 3. The van der Waals surface area contributed by atoms with Crippen LogP contribution in [0.4, 0.5) is 0 Å². The molecule has 0 saturated heterocycles. The zero-order valence-electron chi connectivity index (χ0n) is 10.3. The standard InChI is InChI=1S/C13H11BrCl2N2O/c1-6(2)11-10(14)13(19)18-12(17-11)7-3-4-8(15)9(16)5-7/h3-6H,1-2H3,(H,17,18,19). The lowest BCUT2D eigenvalue weighted by molar-refractivity contribution is 0.803. The molecule has 2 aromatic rings. The molecule has 0 aliphatic rings. The van der Waals surface area contributed by atoms with Crippen molar-refractivity contribution in [3.63, 3.8) is 0 Å². The Labute approximate surface area is 129 Å². The molecule has 3 nitrogen and oxygen atoms in total. The molecule has 0 bridgehead atoms. The van der Waals surface area contributed by atoms with E-state index in [1.54, 1.807) is 18.2 Å². The molecule has 100 valence electrons. The third kappa shape index (κ3) is 3.02. The maximum Gasteiger partial charge on any atom is 0.265 e. The zero-order valence-corrected chi connectivity index (χ0v) is 13.4. The molecule has 0 saturated carbocycles. The molecule has 1 aromatic carbocycles. The van der Waals surface area contributed by atoms with E-state index >= 15 is 0 Å². The number of nitrogens with one attached hydrogen (secondary N) is 1. The first-order valence-corrected chi connectivity index (χ1v) is 7.20. The molecule has 19 heavy (non-hydrogen) atoms. The summed E-state index contributed by atoms with van der Waals surface area (Å²) >= 11 is 15.1. The lowest BCUT2D eigenvalue weighted by Gasteiger charge is -2.09. The van der Waals surface area contributed by atoms with Crippen molar-refractivity contribution >= 4 is 39.1 Å². The van der Waals surface area contributed by atoms with E-state index in [1.165, 1.54) is 0 Å². The molecule has 0 unspecified atom stereocenters. The number of nitrogens with zero attached hydrogens (tertiary/aromatic N) is 1. The summed E-state index contributed by atoms with van der Waals surface area (Å²) in [5.41, 5.74) is 1.23. The van der Waals surface area contributed by atoms with Crippen LogP contribution in [0.2, 0.25) is 10.0 Å². The Kier molecular flexibility index (Phi) is 4.33. The third-order valence-electron chi connectivity index (χ3n) is 2.63. The SMILES string of the molecule is CC(C)c1nc(-c2ccc(Cl)c(Cl)c2)[nH]c(=O)c1Br. The van der Waals surface area contributed by atoms with Crippen molar-refractivity contribution in [2.24, 2.45) is 0 Å². The van der Waals surface area contributed by atoms with Crippen molar-refractivity contribution in [3.05, 3.63) is 48.8 Å². The Morgan fingerprint density at radius 3 is 2.53 bits per heavy atom. The summed E-state index contributed by atoms with van der Waals surface area (Å²) < 4.78 is 0.464. The van der Waals surface area contributed by atoms with Gasteiger partial charge in [0.25, 0.3) is 5.56 Å². The van der Waals surface area contributed by atoms with Crippen LogP contribution in [0.1, 0.15) is 25.5 Å². The van der Waals surface area contributed by atoms with Gasteiger partial charge in [-0.3, -0.25) is 4.79 Å². The predicted molar refractivity (Wildman–Crippen MR) is 82.1 cm³/mol. The number of hydrogen-bond donors (Lipinski definition) is 1. The average molecular weight is 362 g/mol. The van der Waals surface area contributed by atoms with Crippen LogP contribution in [0.3, 0.4) is 0 Å². The number of aromatic nitrogens is 2. The molecule has 0 amide bonds. The van der Waals surface area contributed by atoms with Crippen molar-refractivity contribution < 1.29 is 0 Å². The van der Waals surface area contributed by atoms with Gasteiger partial charge in [-0.05, 0) is 40.0 Å². The van der Waals surface area contributed by atoms with Crippen molar-refractivity contribution in [2.75, 3.05) is 0 Å². The molecular formula is C13H11BrCl2N2O. The Morgan fingerprint density at radius 1 is 1.26 bits per heavy atom. The Balaban J connectivity index is 2.63. The molecule has 1 N–H and O–H groups in total. The zero-order chi connectivity index (χ0) is 14.2. The normalized spacial score (nSPS) is 11.1. The summed E-state index contributed by atoms with van der Waals surface area (Å²) in [7, 11) is 0. The highest BCUT2D eigenvalue weighted by molar-refractivity contribution is 9.10. The summed E-state index contributed by atoms with van der Waals surface area (Å²) in [6.07, 6.45) is 0. The summed E-state index contributed by atoms with van der Waals surface area (Å²) in [5.74, 6) is 0.619. The number of hydrogen-bond acceptors (Lipinski definition) is 2. The van der Waals surface area contributed by atoms with Crippen LogP contribution in [-0.2, 0) is 0 Å². The van der Waals surface area contributed by atoms with E-state index < -0.39 is 0 Å². The van der Waals surface area contributed by atoms with Crippen LogP contribution in [0, 0.1) is 0 Å². The van der Waals surface area contributed by atoms with Gasteiger partial charge in [-0.15, -0.1) is 0 Å². The smallest absolute Gasteiger partial charge is 0.265 e. The van der Waals surface area contributed by atoms with Crippen LogP contribution in [0.5, 0.6) is 0 Å². The molecule has 1 heterocycles. The molecule has 0 fully saturated rings. The maximum absolute atomic E-state index is 11.9. The minimum absolute atomic E-state index is 0.137. The van der Waals surface area contributed by atoms with E-state index in [2.05, 4.69) is 25.9 Å². The van der Waals surface area contributed by atoms with E-state index in [0.29, 0.717) is 26.0 Å². The number of aromatic amines is 1. The monoisotopic (exact) mass is 360 g/mol. The lowest BCUT2D eigenvalue weighted by atomic mass is 10.1. The van der Waals surface area contributed by atoms with E-state index in [1.807, 2.05) is 13.8 Å². The van der Waals surface area contributed by atoms with Gasteiger partial charge in [0, 0.05) is 5.56 Å². The summed E-state index contributed by atoms with van der Waals surface area (Å²) in [6, 6.07) is 5.13. The van der Waals surface area contributed by atoms with Crippen LogP contribution in [-0.4, -0.2) is 9.97 Å². The van der Waals surface area contributed by atoms with Gasteiger partial charge in [0.15, 0.2) is 0 Å². The fourth-order valence-corrected chi connectivity index (χ4v) is 2.58. The molecule has 6 heteroatoms. The van der Waals surface area contributed by atoms with Gasteiger partial charge in [0.1, 0.15) is 10.3 Å². The number of benzene rings is 1.